The molecular formula is C30H30N2O5S. The van der Waals surface area contributed by atoms with E-state index < -0.39 is 0 Å². The molecule has 0 aliphatic carbocycles. The first kappa shape index (κ1) is 25.8. The highest BCUT2D eigenvalue weighted by molar-refractivity contribution is 7.22. The maximum Gasteiger partial charge on any atom is 0.237 e. The van der Waals surface area contributed by atoms with Crippen molar-refractivity contribution in [2.24, 2.45) is 0 Å². The van der Waals surface area contributed by atoms with Gasteiger partial charge in [0.15, 0.2) is 5.78 Å². The van der Waals surface area contributed by atoms with E-state index in [-0.39, 0.29) is 29.2 Å². The Morgan fingerprint density at radius 2 is 1.74 bits per heavy atom. The van der Waals surface area contributed by atoms with E-state index in [4.69, 9.17) is 4.74 Å². The van der Waals surface area contributed by atoms with Crippen LogP contribution in [0.5, 0.6) is 17.2 Å². The van der Waals surface area contributed by atoms with Crippen LogP contribution in [0, 0.1) is 0 Å². The molecule has 1 unspecified atom stereocenters. The van der Waals surface area contributed by atoms with E-state index in [0.29, 0.717) is 30.0 Å². The maximum atomic E-state index is 13.7. The Kier molecular flexibility index (Phi) is 7.62. The summed E-state index contributed by atoms with van der Waals surface area (Å²) in [5, 5.41) is 23.2. The summed E-state index contributed by atoms with van der Waals surface area (Å²) in [6.07, 6.45) is 2.99. The number of rotatable bonds is 8. The number of hydrogen-bond donors (Lipinski definition) is 3. The van der Waals surface area contributed by atoms with Gasteiger partial charge in [-0.15, -0.1) is 11.3 Å². The van der Waals surface area contributed by atoms with Gasteiger partial charge >= 0.3 is 0 Å². The summed E-state index contributed by atoms with van der Waals surface area (Å²) in [6, 6.07) is 18.8. The minimum atomic E-state index is -0.127. The van der Waals surface area contributed by atoms with Crippen molar-refractivity contribution >= 4 is 33.1 Å². The van der Waals surface area contributed by atoms with Gasteiger partial charge in [0.1, 0.15) is 23.9 Å². The number of hydrogen-bond acceptors (Lipinski definition) is 7. The van der Waals surface area contributed by atoms with Gasteiger partial charge in [0.2, 0.25) is 5.91 Å². The average Bonchev–Trinajstić information content (AvgIpc) is 3.31. The summed E-state index contributed by atoms with van der Waals surface area (Å²) in [6.45, 7) is 1.98. The number of likely N-dealkylation sites (tertiary alicyclic amines) is 1. The van der Waals surface area contributed by atoms with Crippen LogP contribution in [0.15, 0.2) is 66.7 Å². The third-order valence-electron chi connectivity index (χ3n) is 6.96. The standard InChI is InChI=1S/C30H30N2O5S/c1-31-30(36)25-4-2-3-15-32(25)16-17-37-23-12-7-19(8-13-23)28(35)27-24-14-11-22(34)18-26(24)38-29(27)20-5-9-21(33)10-6-20/h5-14,18,25,33-34H,2-4,15-17H2,1H3,(H,31,36). The van der Waals surface area contributed by atoms with E-state index in [1.807, 2.05) is 0 Å². The fourth-order valence-corrected chi connectivity index (χ4v) is 6.21. The molecule has 5 rings (SSSR count). The number of phenolic OH excluding ortho intramolecular Hbond substituents is 2. The van der Waals surface area contributed by atoms with Crippen LogP contribution < -0.4 is 10.1 Å². The van der Waals surface area contributed by atoms with Gasteiger partial charge in [-0.2, -0.15) is 0 Å². The second-order valence-electron chi connectivity index (χ2n) is 9.40. The number of nitrogens with one attached hydrogen (secondary N) is 1. The molecular weight excluding hydrogens is 500 g/mol. The first-order chi connectivity index (χ1) is 18.4. The molecule has 2 heterocycles. The van der Waals surface area contributed by atoms with E-state index in [1.165, 1.54) is 11.3 Å². The van der Waals surface area contributed by atoms with Crippen molar-refractivity contribution in [3.05, 3.63) is 77.9 Å². The predicted octanol–water partition coefficient (Wildman–Crippen LogP) is 5.19. The molecule has 1 aliphatic heterocycles. The number of phenols is 2. The highest BCUT2D eigenvalue weighted by Gasteiger charge is 2.27. The molecule has 1 saturated heterocycles. The van der Waals surface area contributed by atoms with E-state index in [2.05, 4.69) is 10.2 Å². The number of thiophene rings is 1. The number of ketones is 1. The second-order valence-corrected chi connectivity index (χ2v) is 10.4. The molecule has 1 amide bonds. The molecule has 3 aromatic carbocycles. The van der Waals surface area contributed by atoms with E-state index in [9.17, 15) is 19.8 Å². The highest BCUT2D eigenvalue weighted by Crippen LogP contribution is 2.41. The molecule has 0 spiro atoms. The van der Waals surface area contributed by atoms with Crippen molar-refractivity contribution in [3.63, 3.8) is 0 Å². The molecule has 7 nitrogen and oxygen atoms in total. The number of piperidine rings is 1. The second kappa shape index (κ2) is 11.2. The minimum absolute atomic E-state index is 0.0513. The van der Waals surface area contributed by atoms with Crippen LogP contribution in [0.25, 0.3) is 20.5 Å². The smallest absolute Gasteiger partial charge is 0.237 e. The number of aromatic hydroxyl groups is 2. The Bertz CT molecular complexity index is 1450. The SMILES string of the molecule is CNC(=O)C1CCCCN1CCOc1ccc(C(=O)c2c(-c3ccc(O)cc3)sc3cc(O)ccc23)cc1. The van der Waals surface area contributed by atoms with Crippen LogP contribution in [0.3, 0.4) is 0 Å². The lowest BCUT2D eigenvalue weighted by molar-refractivity contribution is -0.127. The summed E-state index contributed by atoms with van der Waals surface area (Å²) in [5.74, 6) is 0.880. The molecule has 8 heteroatoms. The van der Waals surface area contributed by atoms with Crippen molar-refractivity contribution in [1.29, 1.82) is 0 Å². The number of carbonyl (C=O) groups is 2. The lowest BCUT2D eigenvalue weighted by Gasteiger charge is -2.34. The highest BCUT2D eigenvalue weighted by atomic mass is 32.1. The van der Waals surface area contributed by atoms with Gasteiger partial charge in [-0.25, -0.2) is 0 Å². The molecule has 1 aliphatic rings. The molecule has 1 atom stereocenters. The lowest BCUT2D eigenvalue weighted by Crippen LogP contribution is -2.49. The Labute approximate surface area is 225 Å². The first-order valence-electron chi connectivity index (χ1n) is 12.7. The van der Waals surface area contributed by atoms with Crippen LogP contribution in [0.4, 0.5) is 0 Å². The largest absolute Gasteiger partial charge is 0.508 e. The monoisotopic (exact) mass is 530 g/mol. The van der Waals surface area contributed by atoms with Crippen molar-refractivity contribution in [2.75, 3.05) is 26.7 Å². The number of likely N-dealkylation sites (N-methyl/N-ethyl adjacent to an activating group) is 1. The summed E-state index contributed by atoms with van der Waals surface area (Å²) in [7, 11) is 1.67. The number of ether oxygens (including phenoxy) is 1. The Balaban J connectivity index is 1.33. The molecule has 3 N–H and O–H groups in total. The Morgan fingerprint density at radius 1 is 1.00 bits per heavy atom. The molecule has 1 fully saturated rings. The quantitative estimate of drug-likeness (QED) is 0.271. The molecule has 1 aromatic heterocycles. The number of carbonyl (C=O) groups excluding carboxylic acids is 2. The van der Waals surface area contributed by atoms with Crippen LogP contribution in [0.2, 0.25) is 0 Å². The molecule has 0 bridgehead atoms. The van der Waals surface area contributed by atoms with Crippen molar-refractivity contribution in [2.45, 2.75) is 25.3 Å². The average molecular weight is 531 g/mol. The fourth-order valence-electron chi connectivity index (χ4n) is 4.98. The number of benzene rings is 3. The van der Waals surface area contributed by atoms with Crippen LogP contribution in [-0.2, 0) is 4.79 Å². The maximum absolute atomic E-state index is 13.7. The van der Waals surface area contributed by atoms with Crippen molar-refractivity contribution < 1.29 is 24.5 Å². The van der Waals surface area contributed by atoms with E-state index in [0.717, 1.165) is 46.3 Å². The van der Waals surface area contributed by atoms with Crippen LogP contribution >= 0.6 is 11.3 Å². The van der Waals surface area contributed by atoms with Gasteiger partial charge in [0.25, 0.3) is 0 Å². The van der Waals surface area contributed by atoms with Crippen molar-refractivity contribution in [3.8, 4) is 27.7 Å². The van der Waals surface area contributed by atoms with Gasteiger partial charge in [0.05, 0.1) is 6.04 Å². The zero-order valence-electron chi connectivity index (χ0n) is 21.1. The molecule has 4 aromatic rings. The molecule has 196 valence electrons. The van der Waals surface area contributed by atoms with Gasteiger partial charge in [0, 0.05) is 39.7 Å². The minimum Gasteiger partial charge on any atom is -0.508 e. The topological polar surface area (TPSA) is 99.1 Å². The summed E-state index contributed by atoms with van der Waals surface area (Å²) in [5.41, 5.74) is 1.91. The van der Waals surface area contributed by atoms with Gasteiger partial charge in [-0.05, 0) is 91.7 Å². The van der Waals surface area contributed by atoms with Crippen LogP contribution in [-0.4, -0.2) is 59.6 Å². The van der Waals surface area contributed by atoms with E-state index >= 15 is 0 Å². The summed E-state index contributed by atoms with van der Waals surface area (Å²) >= 11 is 1.43. The summed E-state index contributed by atoms with van der Waals surface area (Å²) < 4.78 is 6.76. The lowest BCUT2D eigenvalue weighted by atomic mass is 9.97. The van der Waals surface area contributed by atoms with E-state index in [1.54, 1.807) is 73.8 Å². The third-order valence-corrected chi connectivity index (χ3v) is 8.16. The number of nitrogens with zero attached hydrogens (tertiary/aromatic N) is 1. The van der Waals surface area contributed by atoms with Gasteiger partial charge in [-0.3, -0.25) is 14.5 Å². The van der Waals surface area contributed by atoms with Crippen molar-refractivity contribution in [1.82, 2.24) is 10.2 Å². The third kappa shape index (κ3) is 5.37. The molecule has 38 heavy (non-hydrogen) atoms. The first-order valence-corrected chi connectivity index (χ1v) is 13.5. The Hall–Kier alpha value is -3.88. The molecule has 0 saturated carbocycles. The fraction of sp³-hybridized carbons (Fsp3) is 0.267. The Morgan fingerprint density at radius 3 is 2.47 bits per heavy atom. The summed E-state index contributed by atoms with van der Waals surface area (Å²) in [4.78, 5) is 28.9. The zero-order valence-corrected chi connectivity index (χ0v) is 22.0. The number of amides is 1. The van der Waals surface area contributed by atoms with Gasteiger partial charge < -0.3 is 20.3 Å². The zero-order chi connectivity index (χ0) is 26.6. The van der Waals surface area contributed by atoms with Crippen LogP contribution in [0.1, 0.15) is 35.2 Å². The predicted molar refractivity (Wildman–Crippen MR) is 149 cm³/mol. The number of fused-ring (bicyclic) bond motifs is 1. The normalized spacial score (nSPS) is 15.9. The molecule has 0 radical (unpaired) electrons. The van der Waals surface area contributed by atoms with Gasteiger partial charge in [-0.1, -0.05) is 6.42 Å².